The number of rotatable bonds is 1. The number of fused-ring (bicyclic) bond motifs is 1. The fourth-order valence-corrected chi connectivity index (χ4v) is 1.70. The molecule has 0 aliphatic heterocycles. The smallest absolute Gasteiger partial charge is 0.247 e. The standard InChI is InChI=1S/C12H5ClF2N2O/c13-7-4-10-12(16-5-7)18-11(17-10)6-1-2-8(14)9(15)3-6/h1-5H. The third-order valence-corrected chi connectivity index (χ3v) is 2.59. The zero-order chi connectivity index (χ0) is 12.7. The van der Waals surface area contributed by atoms with E-state index >= 15 is 0 Å². The lowest BCUT2D eigenvalue weighted by atomic mass is 10.2. The molecule has 0 fully saturated rings. The minimum Gasteiger partial charge on any atom is -0.418 e. The number of oxazole rings is 1. The van der Waals surface area contributed by atoms with E-state index in [0.717, 1.165) is 12.1 Å². The number of hydrogen-bond donors (Lipinski definition) is 0. The first kappa shape index (κ1) is 11.1. The summed E-state index contributed by atoms with van der Waals surface area (Å²) in [6.45, 7) is 0. The van der Waals surface area contributed by atoms with Crippen molar-refractivity contribution in [1.29, 1.82) is 0 Å². The molecular weight excluding hydrogens is 262 g/mol. The Kier molecular flexibility index (Phi) is 2.48. The van der Waals surface area contributed by atoms with Gasteiger partial charge < -0.3 is 4.42 Å². The van der Waals surface area contributed by atoms with Gasteiger partial charge in [-0.1, -0.05) is 11.6 Å². The van der Waals surface area contributed by atoms with E-state index in [1.807, 2.05) is 0 Å². The summed E-state index contributed by atoms with van der Waals surface area (Å²) in [5.41, 5.74) is 1.09. The first-order chi connectivity index (χ1) is 8.63. The summed E-state index contributed by atoms with van der Waals surface area (Å²) in [5, 5.41) is 0.424. The normalized spacial score (nSPS) is 11.1. The minimum atomic E-state index is -0.958. The van der Waals surface area contributed by atoms with Crippen molar-refractivity contribution in [3.8, 4) is 11.5 Å². The predicted octanol–water partition coefficient (Wildman–Crippen LogP) is 3.82. The molecule has 18 heavy (non-hydrogen) atoms. The van der Waals surface area contributed by atoms with Gasteiger partial charge in [-0.2, -0.15) is 0 Å². The lowest BCUT2D eigenvalue weighted by molar-refractivity contribution is 0.508. The Labute approximate surface area is 105 Å². The van der Waals surface area contributed by atoms with Crippen LogP contribution in [0.5, 0.6) is 0 Å². The molecule has 0 N–H and O–H groups in total. The van der Waals surface area contributed by atoms with Gasteiger partial charge in [0.05, 0.1) is 5.02 Å². The third kappa shape index (κ3) is 1.82. The van der Waals surface area contributed by atoms with Gasteiger partial charge in [-0.15, -0.1) is 0 Å². The van der Waals surface area contributed by atoms with Crippen molar-refractivity contribution in [3.05, 3.63) is 47.1 Å². The maximum absolute atomic E-state index is 13.1. The van der Waals surface area contributed by atoms with Crippen LogP contribution < -0.4 is 0 Å². The highest BCUT2D eigenvalue weighted by Crippen LogP contribution is 2.25. The second-order valence-electron chi connectivity index (χ2n) is 3.63. The lowest BCUT2D eigenvalue weighted by Crippen LogP contribution is -1.85. The fourth-order valence-electron chi connectivity index (χ4n) is 1.55. The van der Waals surface area contributed by atoms with Crippen molar-refractivity contribution >= 4 is 22.8 Å². The van der Waals surface area contributed by atoms with Crippen LogP contribution in [0.3, 0.4) is 0 Å². The Morgan fingerprint density at radius 3 is 2.72 bits per heavy atom. The van der Waals surface area contributed by atoms with Crippen molar-refractivity contribution in [1.82, 2.24) is 9.97 Å². The first-order valence-electron chi connectivity index (χ1n) is 5.01. The van der Waals surface area contributed by atoms with Crippen molar-refractivity contribution in [3.63, 3.8) is 0 Å². The summed E-state index contributed by atoms with van der Waals surface area (Å²) in [7, 11) is 0. The molecule has 0 saturated heterocycles. The van der Waals surface area contributed by atoms with Gasteiger partial charge in [0, 0.05) is 11.8 Å². The largest absolute Gasteiger partial charge is 0.418 e. The van der Waals surface area contributed by atoms with E-state index in [9.17, 15) is 8.78 Å². The molecule has 0 spiro atoms. The van der Waals surface area contributed by atoms with Crippen LogP contribution in [0.25, 0.3) is 22.7 Å². The van der Waals surface area contributed by atoms with E-state index in [2.05, 4.69) is 9.97 Å². The van der Waals surface area contributed by atoms with Crippen molar-refractivity contribution in [2.75, 3.05) is 0 Å². The number of nitrogens with zero attached hydrogens (tertiary/aromatic N) is 2. The van der Waals surface area contributed by atoms with Gasteiger partial charge in [0.2, 0.25) is 11.6 Å². The summed E-state index contributed by atoms with van der Waals surface area (Å²) < 4.78 is 31.3. The third-order valence-electron chi connectivity index (χ3n) is 2.38. The highest BCUT2D eigenvalue weighted by molar-refractivity contribution is 6.30. The molecule has 0 atom stereocenters. The highest BCUT2D eigenvalue weighted by Gasteiger charge is 2.11. The zero-order valence-corrected chi connectivity index (χ0v) is 9.58. The SMILES string of the molecule is Fc1ccc(-c2nc3cc(Cl)cnc3o2)cc1F. The monoisotopic (exact) mass is 266 g/mol. The van der Waals surface area contributed by atoms with Crippen LogP contribution in [0.2, 0.25) is 5.02 Å². The van der Waals surface area contributed by atoms with Crippen LogP contribution in [0.15, 0.2) is 34.9 Å². The minimum absolute atomic E-state index is 0.165. The topological polar surface area (TPSA) is 38.9 Å². The van der Waals surface area contributed by atoms with Crippen molar-refractivity contribution < 1.29 is 13.2 Å². The molecule has 0 radical (unpaired) electrons. The van der Waals surface area contributed by atoms with Gasteiger partial charge in [-0.25, -0.2) is 18.7 Å². The van der Waals surface area contributed by atoms with Gasteiger partial charge in [-0.05, 0) is 24.3 Å². The number of pyridine rings is 1. The van der Waals surface area contributed by atoms with E-state index < -0.39 is 11.6 Å². The molecule has 2 aromatic heterocycles. The average Bonchev–Trinajstić information content (AvgIpc) is 2.75. The van der Waals surface area contributed by atoms with Crippen LogP contribution >= 0.6 is 11.6 Å². The summed E-state index contributed by atoms with van der Waals surface area (Å²) in [6.07, 6.45) is 1.42. The van der Waals surface area contributed by atoms with E-state index in [1.165, 1.54) is 12.3 Å². The quantitative estimate of drug-likeness (QED) is 0.672. The predicted molar refractivity (Wildman–Crippen MR) is 62.2 cm³/mol. The van der Waals surface area contributed by atoms with Gasteiger partial charge in [0.25, 0.3) is 0 Å². The second kappa shape index (κ2) is 4.03. The number of aromatic nitrogens is 2. The molecular formula is C12H5ClF2N2O. The van der Waals surface area contributed by atoms with Crippen molar-refractivity contribution in [2.24, 2.45) is 0 Å². The molecule has 6 heteroatoms. The van der Waals surface area contributed by atoms with Gasteiger partial charge in [0.1, 0.15) is 5.52 Å². The van der Waals surface area contributed by atoms with E-state index in [-0.39, 0.29) is 5.89 Å². The number of benzene rings is 1. The Hall–Kier alpha value is -2.01. The Morgan fingerprint density at radius 2 is 1.94 bits per heavy atom. The molecule has 0 bridgehead atoms. The maximum Gasteiger partial charge on any atom is 0.247 e. The summed E-state index contributed by atoms with van der Waals surface area (Å²) in [6, 6.07) is 4.99. The molecule has 0 unspecified atom stereocenters. The van der Waals surface area contributed by atoms with Gasteiger partial charge >= 0.3 is 0 Å². The zero-order valence-electron chi connectivity index (χ0n) is 8.82. The Morgan fingerprint density at radius 1 is 1.11 bits per heavy atom. The number of halogens is 3. The Balaban J connectivity index is 2.16. The molecule has 0 aliphatic carbocycles. The molecule has 90 valence electrons. The van der Waals surface area contributed by atoms with E-state index in [4.69, 9.17) is 16.0 Å². The number of hydrogen-bond acceptors (Lipinski definition) is 3. The van der Waals surface area contributed by atoms with Crippen LogP contribution in [0, 0.1) is 11.6 Å². The summed E-state index contributed by atoms with van der Waals surface area (Å²) >= 11 is 5.77. The maximum atomic E-state index is 13.1. The van der Waals surface area contributed by atoms with Crippen LogP contribution in [-0.4, -0.2) is 9.97 Å². The van der Waals surface area contributed by atoms with Gasteiger partial charge in [-0.3, -0.25) is 0 Å². The van der Waals surface area contributed by atoms with E-state index in [1.54, 1.807) is 6.07 Å². The molecule has 3 nitrogen and oxygen atoms in total. The summed E-state index contributed by atoms with van der Waals surface area (Å²) in [5.74, 6) is -1.71. The second-order valence-corrected chi connectivity index (χ2v) is 4.06. The molecule has 0 amide bonds. The molecule has 0 saturated carbocycles. The Bertz CT molecular complexity index is 742. The molecule has 2 heterocycles. The average molecular weight is 267 g/mol. The highest BCUT2D eigenvalue weighted by atomic mass is 35.5. The van der Waals surface area contributed by atoms with E-state index in [0.29, 0.717) is 21.8 Å². The van der Waals surface area contributed by atoms with Crippen LogP contribution in [0.1, 0.15) is 0 Å². The molecule has 3 aromatic rings. The molecule has 0 aliphatic rings. The molecule has 1 aromatic carbocycles. The molecule has 3 rings (SSSR count). The lowest BCUT2D eigenvalue weighted by Gasteiger charge is -1.95. The van der Waals surface area contributed by atoms with Crippen molar-refractivity contribution in [2.45, 2.75) is 0 Å². The van der Waals surface area contributed by atoms with Crippen LogP contribution in [0.4, 0.5) is 8.78 Å². The summed E-state index contributed by atoms with van der Waals surface area (Å²) in [4.78, 5) is 8.05. The first-order valence-corrected chi connectivity index (χ1v) is 5.39. The fraction of sp³-hybridized carbons (Fsp3) is 0. The van der Waals surface area contributed by atoms with Crippen LogP contribution in [-0.2, 0) is 0 Å². The van der Waals surface area contributed by atoms with Gasteiger partial charge in [0.15, 0.2) is 11.6 Å².